The quantitative estimate of drug-likeness (QED) is 0.620. The maximum Gasteiger partial charge on any atom is 1.00 e. The van der Waals surface area contributed by atoms with Gasteiger partial charge in [-0.3, -0.25) is 4.72 Å². The number of unbranched alkanes of at least 4 members (excludes halogenated alkanes) is 1. The van der Waals surface area contributed by atoms with E-state index in [1.54, 1.807) is 18.2 Å². The minimum atomic E-state index is -3.25. The molecule has 0 radical (unpaired) electrons. The van der Waals surface area contributed by atoms with Crippen molar-refractivity contribution in [2.75, 3.05) is 11.0 Å². The first-order chi connectivity index (χ1) is 8.48. The first kappa shape index (κ1) is 16.6. The third-order valence-corrected chi connectivity index (χ3v) is 3.15. The van der Waals surface area contributed by atoms with Crippen molar-refractivity contribution in [3.8, 4) is 0 Å². The summed E-state index contributed by atoms with van der Waals surface area (Å²) in [6.45, 7) is 2.12. The molecule has 98 valence electrons. The summed E-state index contributed by atoms with van der Waals surface area (Å²) in [4.78, 5) is 0. The molecule has 1 aromatic heterocycles. The van der Waals surface area contributed by atoms with Gasteiger partial charge in [-0.25, -0.2) is 8.42 Å². The predicted molar refractivity (Wildman–Crippen MR) is 72.1 cm³/mol. The Morgan fingerprint density at radius 1 is 1.37 bits per heavy atom. The Balaban J connectivity index is 0.00000180. The van der Waals surface area contributed by atoms with Gasteiger partial charge >= 0.3 is 29.6 Å². The summed E-state index contributed by atoms with van der Waals surface area (Å²) < 4.78 is 30.3. The van der Waals surface area contributed by atoms with Crippen LogP contribution in [-0.4, -0.2) is 14.7 Å². The van der Waals surface area contributed by atoms with Gasteiger partial charge in [-0.1, -0.05) is 25.5 Å². The molecule has 1 heterocycles. The predicted octanol–water partition coefficient (Wildman–Crippen LogP) is -0.0489. The average molecular weight is 289 g/mol. The zero-order valence-electron chi connectivity index (χ0n) is 11.5. The van der Waals surface area contributed by atoms with Crippen LogP contribution < -0.4 is 34.3 Å². The van der Waals surface area contributed by atoms with Crippen LogP contribution in [0.4, 0.5) is 5.69 Å². The number of hydrogen-bond acceptors (Lipinski definition) is 3. The van der Waals surface area contributed by atoms with E-state index in [-0.39, 0.29) is 29.6 Å². The monoisotopic (exact) mass is 289 g/mol. The zero-order valence-corrected chi connectivity index (χ0v) is 14.3. The fourth-order valence-electron chi connectivity index (χ4n) is 1.75. The van der Waals surface area contributed by atoms with E-state index in [1.165, 1.54) is 0 Å². The van der Waals surface area contributed by atoms with Gasteiger partial charge in [-0.05, 0) is 18.5 Å². The molecule has 0 aliphatic heterocycles. The molecule has 0 bridgehead atoms. The molecule has 0 atom stereocenters. The molecule has 4 nitrogen and oxygen atoms in total. The summed E-state index contributed by atoms with van der Waals surface area (Å²) in [7, 11) is -3.25. The first-order valence-electron chi connectivity index (χ1n) is 5.90. The van der Waals surface area contributed by atoms with E-state index in [0.29, 0.717) is 5.69 Å². The van der Waals surface area contributed by atoms with E-state index < -0.39 is 10.0 Å². The van der Waals surface area contributed by atoms with Crippen LogP contribution in [0.5, 0.6) is 0 Å². The summed E-state index contributed by atoms with van der Waals surface area (Å²) in [5.74, 6) is 0.823. The van der Waals surface area contributed by atoms with Crippen LogP contribution in [-0.2, 0) is 16.4 Å². The second kappa shape index (κ2) is 6.79. The summed E-state index contributed by atoms with van der Waals surface area (Å²) in [5, 5.41) is 0.801. The Bertz CT molecular complexity index is 649. The Morgan fingerprint density at radius 3 is 2.74 bits per heavy atom. The van der Waals surface area contributed by atoms with Gasteiger partial charge in [-0.15, -0.1) is 17.5 Å². The summed E-state index contributed by atoms with van der Waals surface area (Å²) in [6.07, 6.45) is 4.15. The maximum atomic E-state index is 11.1. The van der Waals surface area contributed by atoms with Crippen molar-refractivity contribution in [3.63, 3.8) is 0 Å². The van der Waals surface area contributed by atoms with Crippen LogP contribution in [0.15, 0.2) is 22.6 Å². The molecule has 6 heteroatoms. The van der Waals surface area contributed by atoms with Crippen molar-refractivity contribution in [3.05, 3.63) is 30.0 Å². The SMILES string of the molecule is CCCCc1[c-]c2cc(NS(C)(=O)=O)ccc2o1.[Na+]. The van der Waals surface area contributed by atoms with E-state index in [4.69, 9.17) is 4.42 Å². The average Bonchev–Trinajstić information content (AvgIpc) is 2.66. The van der Waals surface area contributed by atoms with Crippen LogP contribution in [0.1, 0.15) is 25.5 Å². The number of hydrogen-bond donors (Lipinski definition) is 1. The molecule has 2 aromatic rings. The third kappa shape index (κ3) is 4.84. The van der Waals surface area contributed by atoms with Gasteiger partial charge in [-0.2, -0.15) is 0 Å². The van der Waals surface area contributed by atoms with E-state index in [9.17, 15) is 8.42 Å². The minimum absolute atomic E-state index is 0. The molecule has 0 unspecified atom stereocenters. The van der Waals surface area contributed by atoms with Crippen molar-refractivity contribution in [2.24, 2.45) is 0 Å². The van der Waals surface area contributed by atoms with E-state index in [2.05, 4.69) is 17.7 Å². The molecule has 1 N–H and O–H groups in total. The minimum Gasteiger partial charge on any atom is -0.532 e. The number of fused-ring (bicyclic) bond motifs is 1. The second-order valence-corrected chi connectivity index (χ2v) is 6.09. The van der Waals surface area contributed by atoms with Gasteiger partial charge < -0.3 is 4.42 Å². The number of furan rings is 1. The maximum absolute atomic E-state index is 11.1. The molecule has 19 heavy (non-hydrogen) atoms. The number of anilines is 1. The molecule has 0 aliphatic carbocycles. The fourth-order valence-corrected chi connectivity index (χ4v) is 2.31. The van der Waals surface area contributed by atoms with Gasteiger partial charge in [0.2, 0.25) is 10.0 Å². The Kier molecular flexibility index (Phi) is 5.92. The molecule has 0 aliphatic rings. The number of rotatable bonds is 5. The molecule has 2 rings (SSSR count). The van der Waals surface area contributed by atoms with Crippen molar-refractivity contribution in [1.82, 2.24) is 0 Å². The van der Waals surface area contributed by atoms with Gasteiger partial charge in [0.1, 0.15) is 0 Å². The standard InChI is InChI=1S/C13H16NO3S.Na/c1-3-4-5-12-9-10-8-11(14-18(2,15)16)6-7-13(10)17-12;/h6-8,14H,3-5H2,1-2H3;/q-1;+1. The number of nitrogens with one attached hydrogen (secondary N) is 1. The number of sulfonamides is 1. The third-order valence-electron chi connectivity index (χ3n) is 2.55. The molecule has 0 saturated heterocycles. The number of aryl methyl sites for hydroxylation is 1. The molecular weight excluding hydrogens is 273 g/mol. The molecule has 0 fully saturated rings. The molecule has 1 aromatic carbocycles. The second-order valence-electron chi connectivity index (χ2n) is 4.34. The molecule has 0 spiro atoms. The molecule has 0 saturated carbocycles. The number of benzene rings is 1. The van der Waals surface area contributed by atoms with E-state index in [0.717, 1.165) is 42.2 Å². The summed E-state index contributed by atoms with van der Waals surface area (Å²) >= 11 is 0. The van der Waals surface area contributed by atoms with Crippen LogP contribution >= 0.6 is 0 Å². The smallest absolute Gasteiger partial charge is 0.532 e. The zero-order chi connectivity index (χ0) is 13.2. The van der Waals surface area contributed by atoms with Crippen LogP contribution in [0, 0.1) is 6.07 Å². The van der Waals surface area contributed by atoms with Gasteiger partial charge in [0.25, 0.3) is 0 Å². The first-order valence-corrected chi connectivity index (χ1v) is 7.79. The summed E-state index contributed by atoms with van der Waals surface area (Å²) in [5.41, 5.74) is 1.27. The van der Waals surface area contributed by atoms with Crippen molar-refractivity contribution < 1.29 is 42.4 Å². The topological polar surface area (TPSA) is 59.3 Å². The van der Waals surface area contributed by atoms with E-state index >= 15 is 0 Å². The Morgan fingerprint density at radius 2 is 2.11 bits per heavy atom. The van der Waals surface area contributed by atoms with Crippen molar-refractivity contribution in [1.29, 1.82) is 0 Å². The summed E-state index contributed by atoms with van der Waals surface area (Å²) in [6, 6.07) is 8.33. The van der Waals surface area contributed by atoms with Gasteiger partial charge in [0.05, 0.1) is 6.26 Å². The molecule has 0 amide bonds. The fraction of sp³-hybridized carbons (Fsp3) is 0.385. The van der Waals surface area contributed by atoms with Crippen molar-refractivity contribution >= 4 is 26.7 Å². The van der Waals surface area contributed by atoms with Gasteiger partial charge in [0, 0.05) is 11.3 Å². The van der Waals surface area contributed by atoms with E-state index in [1.807, 2.05) is 0 Å². The van der Waals surface area contributed by atoms with Crippen LogP contribution in [0.25, 0.3) is 11.0 Å². The molecular formula is C13H16NNaO3S. The normalized spacial score (nSPS) is 11.3. The Hall–Kier alpha value is -0.490. The van der Waals surface area contributed by atoms with Crippen LogP contribution in [0.2, 0.25) is 0 Å². The van der Waals surface area contributed by atoms with Gasteiger partial charge in [0.15, 0.2) is 0 Å². The van der Waals surface area contributed by atoms with Crippen LogP contribution in [0.3, 0.4) is 0 Å². The Labute approximate surface area is 135 Å². The largest absolute Gasteiger partial charge is 1.00 e. The van der Waals surface area contributed by atoms with Crippen molar-refractivity contribution in [2.45, 2.75) is 26.2 Å².